The molecule has 0 aliphatic heterocycles. The molecule has 0 aliphatic rings. The van der Waals surface area contributed by atoms with Gasteiger partial charge >= 0.3 is 5.97 Å². The van der Waals surface area contributed by atoms with Crippen molar-refractivity contribution >= 4 is 23.6 Å². The van der Waals surface area contributed by atoms with Crippen LogP contribution in [-0.4, -0.2) is 39.0 Å². The van der Waals surface area contributed by atoms with Gasteiger partial charge < -0.3 is 21.1 Å². The van der Waals surface area contributed by atoms with Gasteiger partial charge in [0.15, 0.2) is 5.16 Å². The van der Waals surface area contributed by atoms with Crippen molar-refractivity contribution < 1.29 is 14.7 Å². The van der Waals surface area contributed by atoms with E-state index in [4.69, 9.17) is 5.73 Å². The van der Waals surface area contributed by atoms with Crippen molar-refractivity contribution in [1.29, 1.82) is 0 Å². The predicted molar refractivity (Wildman–Crippen MR) is 116 cm³/mol. The highest BCUT2D eigenvalue weighted by atomic mass is 32.2. The molecule has 0 radical (unpaired) electrons. The SMILES string of the molecule is N[C@@H](Cc1ccccc1)C(=O)NC(Cc1cccc(CSc2ncc[nH]2)c1)C(=O)O. The Morgan fingerprint density at radius 3 is 2.50 bits per heavy atom. The van der Waals surface area contributed by atoms with Crippen LogP contribution < -0.4 is 11.1 Å². The Morgan fingerprint density at radius 2 is 1.80 bits per heavy atom. The first-order valence-corrected chi connectivity index (χ1v) is 10.5. The lowest BCUT2D eigenvalue weighted by molar-refractivity contribution is -0.141. The summed E-state index contributed by atoms with van der Waals surface area (Å²) >= 11 is 1.56. The molecule has 2 atom stereocenters. The molecule has 1 aromatic heterocycles. The quantitative estimate of drug-likeness (QED) is 0.371. The molecular weight excluding hydrogens is 400 g/mol. The second-order valence-electron chi connectivity index (χ2n) is 6.90. The molecular formula is C22H24N4O3S. The fourth-order valence-electron chi connectivity index (χ4n) is 3.00. The molecule has 0 spiro atoms. The van der Waals surface area contributed by atoms with Crippen LogP contribution in [0.25, 0.3) is 0 Å². The van der Waals surface area contributed by atoms with Gasteiger partial charge in [-0.1, -0.05) is 66.4 Å². The third-order valence-corrected chi connectivity index (χ3v) is 5.50. The Labute approximate surface area is 179 Å². The highest BCUT2D eigenvalue weighted by molar-refractivity contribution is 7.98. The number of carbonyl (C=O) groups excluding carboxylic acids is 1. The molecule has 30 heavy (non-hydrogen) atoms. The number of aliphatic carboxylic acids is 1. The van der Waals surface area contributed by atoms with Crippen LogP contribution in [0, 0.1) is 0 Å². The van der Waals surface area contributed by atoms with Crippen LogP contribution in [-0.2, 0) is 28.2 Å². The number of imidazole rings is 1. The number of aromatic amines is 1. The van der Waals surface area contributed by atoms with Gasteiger partial charge in [-0.2, -0.15) is 0 Å². The highest BCUT2D eigenvalue weighted by Gasteiger charge is 2.24. The largest absolute Gasteiger partial charge is 0.480 e. The standard InChI is InChI=1S/C22H24N4O3S/c23-18(12-15-5-2-1-3-6-15)20(27)26-19(21(28)29)13-16-7-4-8-17(11-16)14-30-22-24-9-10-25-22/h1-11,18-19H,12-14,23H2,(H,24,25)(H,26,27)(H,28,29)/t18-,19?/m0/s1. The minimum atomic E-state index is -1.09. The third-order valence-electron chi connectivity index (χ3n) is 4.53. The number of H-pyrrole nitrogens is 1. The van der Waals surface area contributed by atoms with Gasteiger partial charge in [0.05, 0.1) is 6.04 Å². The molecule has 5 N–H and O–H groups in total. The number of thioether (sulfide) groups is 1. The van der Waals surface area contributed by atoms with E-state index in [0.717, 1.165) is 21.8 Å². The number of hydrogen-bond acceptors (Lipinski definition) is 5. The molecule has 0 fully saturated rings. The van der Waals surface area contributed by atoms with Gasteiger partial charge in [0, 0.05) is 24.6 Å². The third kappa shape index (κ3) is 6.47. The van der Waals surface area contributed by atoms with Crippen LogP contribution in [0.5, 0.6) is 0 Å². The zero-order chi connectivity index (χ0) is 21.3. The number of carbonyl (C=O) groups is 2. The second kappa shape index (κ2) is 10.6. The second-order valence-corrected chi connectivity index (χ2v) is 7.87. The molecule has 0 aliphatic carbocycles. The molecule has 0 saturated heterocycles. The maximum absolute atomic E-state index is 12.4. The van der Waals surface area contributed by atoms with E-state index in [1.54, 1.807) is 24.2 Å². The molecule has 8 heteroatoms. The zero-order valence-electron chi connectivity index (χ0n) is 16.3. The van der Waals surface area contributed by atoms with Crippen molar-refractivity contribution in [3.8, 4) is 0 Å². The van der Waals surface area contributed by atoms with Gasteiger partial charge in [-0.25, -0.2) is 9.78 Å². The number of rotatable bonds is 10. The molecule has 7 nitrogen and oxygen atoms in total. The average molecular weight is 425 g/mol. The smallest absolute Gasteiger partial charge is 0.326 e. The Morgan fingerprint density at radius 1 is 1.07 bits per heavy atom. The molecule has 3 rings (SSSR count). The van der Waals surface area contributed by atoms with E-state index in [9.17, 15) is 14.7 Å². The molecule has 0 bridgehead atoms. The summed E-state index contributed by atoms with van der Waals surface area (Å²) in [5, 5.41) is 13.0. The van der Waals surface area contributed by atoms with E-state index in [0.29, 0.717) is 12.2 Å². The number of nitrogens with two attached hydrogens (primary N) is 1. The molecule has 3 aromatic rings. The summed E-state index contributed by atoms with van der Waals surface area (Å²) in [7, 11) is 0. The Bertz CT molecular complexity index is 964. The van der Waals surface area contributed by atoms with E-state index in [-0.39, 0.29) is 6.42 Å². The van der Waals surface area contributed by atoms with Crippen molar-refractivity contribution in [1.82, 2.24) is 15.3 Å². The Balaban J connectivity index is 1.59. The first-order valence-electron chi connectivity index (χ1n) is 9.54. The van der Waals surface area contributed by atoms with Crippen LogP contribution >= 0.6 is 11.8 Å². The zero-order valence-corrected chi connectivity index (χ0v) is 17.1. The number of benzene rings is 2. The van der Waals surface area contributed by atoms with E-state index in [1.165, 1.54) is 0 Å². The van der Waals surface area contributed by atoms with Gasteiger partial charge in [0.1, 0.15) is 6.04 Å². The van der Waals surface area contributed by atoms with Gasteiger partial charge in [-0.3, -0.25) is 4.79 Å². The summed E-state index contributed by atoms with van der Waals surface area (Å²) < 4.78 is 0. The van der Waals surface area contributed by atoms with Crippen molar-refractivity contribution in [2.24, 2.45) is 5.73 Å². The van der Waals surface area contributed by atoms with Gasteiger partial charge in [0.25, 0.3) is 0 Å². The molecule has 2 aromatic carbocycles. The molecule has 1 amide bonds. The normalized spacial score (nSPS) is 12.8. The van der Waals surface area contributed by atoms with Crippen molar-refractivity contribution in [2.45, 2.75) is 35.8 Å². The van der Waals surface area contributed by atoms with Gasteiger partial charge in [-0.15, -0.1) is 0 Å². The minimum absolute atomic E-state index is 0.179. The van der Waals surface area contributed by atoms with E-state index in [2.05, 4.69) is 15.3 Å². The van der Waals surface area contributed by atoms with Gasteiger partial charge in [0.2, 0.25) is 5.91 Å². The number of hydrogen-bond donors (Lipinski definition) is 4. The summed E-state index contributed by atoms with van der Waals surface area (Å²) in [5.41, 5.74) is 8.79. The van der Waals surface area contributed by atoms with Crippen LogP contribution in [0.15, 0.2) is 72.1 Å². The number of carboxylic acid groups (broad SMARTS) is 1. The summed E-state index contributed by atoms with van der Waals surface area (Å²) in [5.74, 6) is -0.866. The molecule has 1 heterocycles. The van der Waals surface area contributed by atoms with Crippen LogP contribution in [0.2, 0.25) is 0 Å². The molecule has 156 valence electrons. The highest BCUT2D eigenvalue weighted by Crippen LogP contribution is 2.20. The maximum Gasteiger partial charge on any atom is 0.326 e. The maximum atomic E-state index is 12.4. The van der Waals surface area contributed by atoms with Gasteiger partial charge in [-0.05, 0) is 23.1 Å². The minimum Gasteiger partial charge on any atom is -0.480 e. The average Bonchev–Trinajstić information content (AvgIpc) is 3.26. The first-order chi connectivity index (χ1) is 14.5. The number of carboxylic acids is 1. The number of nitrogens with one attached hydrogen (secondary N) is 2. The topological polar surface area (TPSA) is 121 Å². The first kappa shape index (κ1) is 21.6. The Hall–Kier alpha value is -3.10. The fourth-order valence-corrected chi connectivity index (χ4v) is 3.77. The number of nitrogens with zero attached hydrogens (tertiary/aromatic N) is 1. The van der Waals surface area contributed by atoms with E-state index < -0.39 is 24.0 Å². The van der Waals surface area contributed by atoms with E-state index >= 15 is 0 Å². The fraction of sp³-hybridized carbons (Fsp3) is 0.227. The summed E-state index contributed by atoms with van der Waals surface area (Å²) in [4.78, 5) is 31.4. The lowest BCUT2D eigenvalue weighted by Crippen LogP contribution is -2.50. The molecule has 0 saturated carbocycles. The monoisotopic (exact) mass is 424 g/mol. The predicted octanol–water partition coefficient (Wildman–Crippen LogP) is 2.38. The molecule has 1 unspecified atom stereocenters. The number of aromatic nitrogens is 2. The van der Waals surface area contributed by atoms with Crippen LogP contribution in [0.1, 0.15) is 16.7 Å². The summed E-state index contributed by atoms with van der Waals surface area (Å²) in [6.45, 7) is 0. The Kier molecular flexibility index (Phi) is 7.64. The van der Waals surface area contributed by atoms with Crippen molar-refractivity contribution in [3.63, 3.8) is 0 Å². The lowest BCUT2D eigenvalue weighted by Gasteiger charge is -2.18. The lowest BCUT2D eigenvalue weighted by atomic mass is 10.0. The van der Waals surface area contributed by atoms with E-state index in [1.807, 2.05) is 54.6 Å². The summed E-state index contributed by atoms with van der Waals surface area (Å²) in [6.07, 6.45) is 3.99. The van der Waals surface area contributed by atoms with Crippen LogP contribution in [0.4, 0.5) is 0 Å². The van der Waals surface area contributed by atoms with Crippen molar-refractivity contribution in [2.75, 3.05) is 0 Å². The summed E-state index contributed by atoms with van der Waals surface area (Å²) in [6, 6.07) is 15.2. The number of amides is 1. The van der Waals surface area contributed by atoms with Crippen LogP contribution in [0.3, 0.4) is 0 Å². The van der Waals surface area contributed by atoms with Crippen molar-refractivity contribution in [3.05, 3.63) is 83.7 Å².